The number of carbonyl (C=O) groups excluding carboxylic acids is 1. The summed E-state index contributed by atoms with van der Waals surface area (Å²) in [5.74, 6) is 0.573. The predicted octanol–water partition coefficient (Wildman–Crippen LogP) is 6.69. The van der Waals surface area contributed by atoms with Crippen molar-refractivity contribution in [2.75, 3.05) is 32.5 Å². The Labute approximate surface area is 229 Å². The number of unbranched alkanes of at least 4 members (excludes halogenated alkanes) is 3. The van der Waals surface area contributed by atoms with Gasteiger partial charge in [-0.15, -0.1) is 0 Å². The molecule has 0 spiro atoms. The monoisotopic (exact) mass is 540 g/mol. The standard InChI is InChI=1S/C31H44N2O4S/c1-5-8-15-29-30(27-14-11-12-16-28(27)33(29)38(4,35)36)31(34)25-17-19-26(20-18-25)37-24-13-23-32(21-9-6-2)22-10-7-3/h11-12,14,16-20H,5-10,13,15,21-24H2,1-4H3. The van der Waals surface area contributed by atoms with Crippen molar-refractivity contribution in [1.29, 1.82) is 0 Å². The Morgan fingerprint density at radius 2 is 1.45 bits per heavy atom. The van der Waals surface area contributed by atoms with Crippen LogP contribution >= 0.6 is 0 Å². The van der Waals surface area contributed by atoms with E-state index in [1.807, 2.05) is 24.3 Å². The van der Waals surface area contributed by atoms with E-state index in [-0.39, 0.29) is 5.78 Å². The highest BCUT2D eigenvalue weighted by atomic mass is 32.2. The van der Waals surface area contributed by atoms with Gasteiger partial charge >= 0.3 is 0 Å². The number of ether oxygens (including phenoxy) is 1. The van der Waals surface area contributed by atoms with Gasteiger partial charge in [-0.05, 0) is 75.5 Å². The molecule has 0 N–H and O–H groups in total. The maximum atomic E-state index is 13.7. The van der Waals surface area contributed by atoms with Crippen molar-refractivity contribution in [1.82, 2.24) is 8.87 Å². The summed E-state index contributed by atoms with van der Waals surface area (Å²) in [7, 11) is -3.58. The number of benzene rings is 2. The highest BCUT2D eigenvalue weighted by Crippen LogP contribution is 2.31. The number of hydrogen-bond donors (Lipinski definition) is 0. The van der Waals surface area contributed by atoms with Crippen molar-refractivity contribution >= 4 is 26.7 Å². The third-order valence-corrected chi connectivity index (χ3v) is 7.99. The van der Waals surface area contributed by atoms with Gasteiger partial charge < -0.3 is 9.64 Å². The minimum Gasteiger partial charge on any atom is -0.494 e. The van der Waals surface area contributed by atoms with Gasteiger partial charge in [-0.1, -0.05) is 58.2 Å². The molecule has 0 unspecified atom stereocenters. The zero-order valence-electron chi connectivity index (χ0n) is 23.5. The summed E-state index contributed by atoms with van der Waals surface area (Å²) in [4.78, 5) is 16.3. The van der Waals surface area contributed by atoms with E-state index < -0.39 is 10.0 Å². The Morgan fingerprint density at radius 1 is 0.842 bits per heavy atom. The fourth-order valence-corrected chi connectivity index (χ4v) is 5.99. The van der Waals surface area contributed by atoms with Crippen LogP contribution < -0.4 is 4.74 Å². The fourth-order valence-electron chi connectivity index (χ4n) is 4.89. The molecule has 6 nitrogen and oxygen atoms in total. The first-order valence-corrected chi connectivity index (χ1v) is 16.0. The molecule has 0 atom stereocenters. The van der Waals surface area contributed by atoms with E-state index >= 15 is 0 Å². The summed E-state index contributed by atoms with van der Waals surface area (Å²) >= 11 is 0. The minimum atomic E-state index is -3.58. The van der Waals surface area contributed by atoms with E-state index in [0.29, 0.717) is 40.8 Å². The highest BCUT2D eigenvalue weighted by molar-refractivity contribution is 7.89. The molecule has 0 saturated heterocycles. The summed E-state index contributed by atoms with van der Waals surface area (Å²) < 4.78 is 32.8. The van der Waals surface area contributed by atoms with Gasteiger partial charge in [-0.3, -0.25) is 4.79 Å². The van der Waals surface area contributed by atoms with Gasteiger partial charge in [0.15, 0.2) is 5.78 Å². The molecule has 0 fully saturated rings. The van der Waals surface area contributed by atoms with Crippen LogP contribution in [0.5, 0.6) is 5.75 Å². The topological polar surface area (TPSA) is 68.6 Å². The summed E-state index contributed by atoms with van der Waals surface area (Å²) in [6, 6.07) is 14.5. The van der Waals surface area contributed by atoms with Crippen molar-refractivity contribution in [3.05, 3.63) is 65.4 Å². The fraction of sp³-hybridized carbons (Fsp3) is 0.516. The van der Waals surface area contributed by atoms with Gasteiger partial charge in [0.2, 0.25) is 10.0 Å². The van der Waals surface area contributed by atoms with E-state index in [2.05, 4.69) is 25.7 Å². The number of fused-ring (bicyclic) bond motifs is 1. The number of aromatic nitrogens is 1. The first-order valence-electron chi connectivity index (χ1n) is 14.1. The molecule has 0 aliphatic heterocycles. The van der Waals surface area contributed by atoms with E-state index in [1.165, 1.54) is 35.9 Å². The lowest BCUT2D eigenvalue weighted by Gasteiger charge is -2.21. The van der Waals surface area contributed by atoms with E-state index in [1.54, 1.807) is 24.3 Å². The average molecular weight is 541 g/mol. The zero-order valence-corrected chi connectivity index (χ0v) is 24.4. The van der Waals surface area contributed by atoms with Crippen LogP contribution in [0.1, 0.15) is 87.3 Å². The lowest BCUT2D eigenvalue weighted by atomic mass is 9.98. The molecule has 38 heavy (non-hydrogen) atoms. The van der Waals surface area contributed by atoms with Crippen molar-refractivity contribution in [3.8, 4) is 5.75 Å². The Hall–Kier alpha value is -2.64. The van der Waals surface area contributed by atoms with Gasteiger partial charge in [0.05, 0.1) is 23.9 Å². The second kappa shape index (κ2) is 14.5. The molecule has 2 aromatic carbocycles. The van der Waals surface area contributed by atoms with Crippen molar-refractivity contribution in [3.63, 3.8) is 0 Å². The van der Waals surface area contributed by atoms with Crippen molar-refractivity contribution in [2.45, 2.75) is 72.1 Å². The third-order valence-electron chi connectivity index (χ3n) is 6.91. The average Bonchev–Trinajstić information content (AvgIpc) is 3.25. The number of ketones is 1. The SMILES string of the molecule is CCCCc1c(C(=O)c2ccc(OCCCN(CCCC)CCCC)cc2)c2ccccc2n1S(C)(=O)=O. The van der Waals surface area contributed by atoms with Crippen LogP contribution in [-0.4, -0.2) is 55.6 Å². The van der Waals surface area contributed by atoms with Gasteiger partial charge in [0, 0.05) is 23.2 Å². The molecule has 0 saturated carbocycles. The molecular formula is C31H44N2O4S. The van der Waals surface area contributed by atoms with Crippen LogP contribution in [0.3, 0.4) is 0 Å². The maximum absolute atomic E-state index is 13.7. The highest BCUT2D eigenvalue weighted by Gasteiger charge is 2.26. The largest absolute Gasteiger partial charge is 0.494 e. The first-order chi connectivity index (χ1) is 18.3. The maximum Gasteiger partial charge on any atom is 0.236 e. The van der Waals surface area contributed by atoms with Crippen LogP contribution in [0.15, 0.2) is 48.5 Å². The normalized spacial score (nSPS) is 11.9. The van der Waals surface area contributed by atoms with Gasteiger partial charge in [0.1, 0.15) is 5.75 Å². The molecule has 1 aromatic heterocycles. The molecule has 3 aromatic rings. The van der Waals surface area contributed by atoms with Gasteiger partial charge in [0.25, 0.3) is 0 Å². The van der Waals surface area contributed by atoms with Gasteiger partial charge in [-0.25, -0.2) is 12.4 Å². The van der Waals surface area contributed by atoms with E-state index in [0.717, 1.165) is 44.6 Å². The molecule has 0 radical (unpaired) electrons. The number of para-hydroxylation sites is 1. The number of carbonyl (C=O) groups is 1. The van der Waals surface area contributed by atoms with E-state index in [4.69, 9.17) is 4.74 Å². The molecule has 3 rings (SSSR count). The van der Waals surface area contributed by atoms with Crippen LogP contribution in [-0.2, 0) is 16.4 Å². The molecule has 7 heteroatoms. The zero-order chi connectivity index (χ0) is 27.5. The van der Waals surface area contributed by atoms with Crippen molar-refractivity contribution < 1.29 is 17.9 Å². The number of rotatable bonds is 17. The Morgan fingerprint density at radius 3 is 2.05 bits per heavy atom. The number of nitrogens with zero attached hydrogens (tertiary/aromatic N) is 2. The number of hydrogen-bond acceptors (Lipinski definition) is 5. The molecule has 0 aliphatic carbocycles. The third kappa shape index (κ3) is 7.70. The van der Waals surface area contributed by atoms with Crippen molar-refractivity contribution in [2.24, 2.45) is 0 Å². The quantitative estimate of drug-likeness (QED) is 0.141. The molecule has 0 bridgehead atoms. The summed E-state index contributed by atoms with van der Waals surface area (Å²) in [5.41, 5.74) is 2.12. The van der Waals surface area contributed by atoms with Crippen LogP contribution in [0, 0.1) is 0 Å². The molecule has 208 valence electrons. The molecule has 0 aliphatic rings. The summed E-state index contributed by atoms with van der Waals surface area (Å²) in [6.45, 7) is 10.5. The summed E-state index contributed by atoms with van der Waals surface area (Å²) in [6.07, 6.45) is 9.24. The first kappa shape index (κ1) is 29.9. The molecule has 0 amide bonds. The second-order valence-corrected chi connectivity index (χ2v) is 11.9. The smallest absolute Gasteiger partial charge is 0.236 e. The molecular weight excluding hydrogens is 496 g/mol. The lowest BCUT2D eigenvalue weighted by Crippen LogP contribution is -2.28. The lowest BCUT2D eigenvalue weighted by molar-refractivity contribution is 0.103. The minimum absolute atomic E-state index is 0.163. The van der Waals surface area contributed by atoms with Crippen LogP contribution in [0.25, 0.3) is 10.9 Å². The Kier molecular flexibility index (Phi) is 11.4. The molecule has 1 heterocycles. The Balaban J connectivity index is 1.75. The van der Waals surface area contributed by atoms with Crippen LogP contribution in [0.4, 0.5) is 0 Å². The predicted molar refractivity (Wildman–Crippen MR) is 157 cm³/mol. The summed E-state index contributed by atoms with van der Waals surface area (Å²) in [5, 5.41) is 0.671. The van der Waals surface area contributed by atoms with Crippen LogP contribution in [0.2, 0.25) is 0 Å². The Bertz CT molecular complexity index is 1270. The second-order valence-electron chi connectivity index (χ2n) is 10.1. The van der Waals surface area contributed by atoms with Gasteiger partial charge in [-0.2, -0.15) is 0 Å². The van der Waals surface area contributed by atoms with E-state index in [9.17, 15) is 13.2 Å².